The molecule has 0 aliphatic carbocycles. The molecular weight excluding hydrogens is 158 g/mol. The minimum atomic E-state index is 0.456. The van der Waals surface area contributed by atoms with E-state index in [4.69, 9.17) is 5.73 Å². The summed E-state index contributed by atoms with van der Waals surface area (Å²) >= 11 is 0. The monoisotopic (exact) mass is 181 g/mol. The Bertz CT molecular complexity index is 187. The molecule has 0 aromatic heterocycles. The molecule has 0 aromatic rings. The summed E-state index contributed by atoms with van der Waals surface area (Å²) in [6.45, 7) is 8.61. The van der Waals surface area contributed by atoms with Gasteiger partial charge in [0.25, 0.3) is 0 Å². The molecule has 0 bridgehead atoms. The van der Waals surface area contributed by atoms with Gasteiger partial charge in [0, 0.05) is 5.70 Å². The normalized spacial score (nSPS) is 13.9. The molecule has 0 saturated heterocycles. The van der Waals surface area contributed by atoms with Crippen LogP contribution in [0.25, 0.3) is 0 Å². The first-order valence-electron chi connectivity index (χ1n) is 5.27. The van der Waals surface area contributed by atoms with E-state index in [1.807, 2.05) is 0 Å². The molecule has 1 nitrogen and oxygen atoms in total. The quantitative estimate of drug-likeness (QED) is 0.644. The topological polar surface area (TPSA) is 26.0 Å². The van der Waals surface area contributed by atoms with E-state index in [0.717, 1.165) is 18.5 Å². The number of hydrogen-bond acceptors (Lipinski definition) is 1. The molecule has 0 aliphatic rings. The third-order valence-electron chi connectivity index (χ3n) is 2.02. The fraction of sp³-hybridized carbons (Fsp3) is 0.667. The number of rotatable bonds is 5. The van der Waals surface area contributed by atoms with Gasteiger partial charge in [-0.2, -0.15) is 0 Å². The second kappa shape index (κ2) is 6.76. The molecule has 0 atom stereocenters. The smallest absolute Gasteiger partial charge is 0.0109 e. The Hall–Kier alpha value is -0.720. The summed E-state index contributed by atoms with van der Waals surface area (Å²) < 4.78 is 0. The van der Waals surface area contributed by atoms with Gasteiger partial charge in [-0.3, -0.25) is 0 Å². The minimum Gasteiger partial charge on any atom is -0.402 e. The molecule has 0 fully saturated rings. The number of nitrogens with two attached hydrogens (primary N) is 1. The Kier molecular flexibility index (Phi) is 6.38. The Balaban J connectivity index is 4.40. The molecule has 13 heavy (non-hydrogen) atoms. The van der Waals surface area contributed by atoms with E-state index in [-0.39, 0.29) is 0 Å². The molecule has 0 heterocycles. The van der Waals surface area contributed by atoms with E-state index in [1.165, 1.54) is 12.0 Å². The van der Waals surface area contributed by atoms with Crippen molar-refractivity contribution in [3.05, 3.63) is 23.4 Å². The van der Waals surface area contributed by atoms with Crippen molar-refractivity contribution in [2.75, 3.05) is 0 Å². The van der Waals surface area contributed by atoms with Gasteiger partial charge in [0.15, 0.2) is 0 Å². The second-order valence-electron chi connectivity index (χ2n) is 3.74. The predicted molar refractivity (Wildman–Crippen MR) is 60.4 cm³/mol. The highest BCUT2D eigenvalue weighted by molar-refractivity contribution is 5.22. The predicted octanol–water partition coefficient (Wildman–Crippen LogP) is 3.62. The highest BCUT2D eigenvalue weighted by atomic mass is 14.6. The molecule has 1 heteroatoms. The van der Waals surface area contributed by atoms with Gasteiger partial charge in [-0.15, -0.1) is 0 Å². The average Bonchev–Trinajstić information content (AvgIpc) is 2.05. The zero-order chi connectivity index (χ0) is 10.3. The molecule has 0 radical (unpaired) electrons. The van der Waals surface area contributed by atoms with Gasteiger partial charge in [0.05, 0.1) is 0 Å². The molecule has 0 amide bonds. The van der Waals surface area contributed by atoms with Gasteiger partial charge in [-0.1, -0.05) is 45.8 Å². The van der Waals surface area contributed by atoms with Gasteiger partial charge in [-0.05, 0) is 24.8 Å². The van der Waals surface area contributed by atoms with Crippen LogP contribution >= 0.6 is 0 Å². The van der Waals surface area contributed by atoms with Gasteiger partial charge in [0.2, 0.25) is 0 Å². The van der Waals surface area contributed by atoms with Crippen LogP contribution in [0, 0.1) is 5.92 Å². The van der Waals surface area contributed by atoms with Crippen LogP contribution in [-0.2, 0) is 0 Å². The fourth-order valence-corrected chi connectivity index (χ4v) is 1.16. The summed E-state index contributed by atoms with van der Waals surface area (Å²) in [5, 5.41) is 0. The van der Waals surface area contributed by atoms with Crippen molar-refractivity contribution in [2.24, 2.45) is 11.7 Å². The molecule has 0 saturated carbocycles. The second-order valence-corrected chi connectivity index (χ2v) is 3.74. The van der Waals surface area contributed by atoms with Crippen LogP contribution in [0.15, 0.2) is 23.4 Å². The van der Waals surface area contributed by atoms with Gasteiger partial charge in [-0.25, -0.2) is 0 Å². The first kappa shape index (κ1) is 12.3. The maximum absolute atomic E-state index is 5.90. The van der Waals surface area contributed by atoms with E-state index in [2.05, 4.69) is 39.8 Å². The molecule has 2 N–H and O–H groups in total. The van der Waals surface area contributed by atoms with Crippen LogP contribution < -0.4 is 5.73 Å². The van der Waals surface area contributed by atoms with Gasteiger partial charge >= 0.3 is 0 Å². The zero-order valence-corrected chi connectivity index (χ0v) is 9.43. The van der Waals surface area contributed by atoms with E-state index in [9.17, 15) is 0 Å². The first-order chi connectivity index (χ1) is 6.11. The first-order valence-corrected chi connectivity index (χ1v) is 5.27. The van der Waals surface area contributed by atoms with Crippen LogP contribution in [0.2, 0.25) is 0 Å². The lowest BCUT2D eigenvalue weighted by molar-refractivity contribution is 0.753. The maximum Gasteiger partial charge on any atom is 0.0109 e. The summed E-state index contributed by atoms with van der Waals surface area (Å²) in [5.74, 6) is 0.456. The lowest BCUT2D eigenvalue weighted by Crippen LogP contribution is -2.05. The van der Waals surface area contributed by atoms with Crippen LogP contribution in [0.5, 0.6) is 0 Å². The highest BCUT2D eigenvalue weighted by Gasteiger charge is 1.98. The maximum atomic E-state index is 5.90. The van der Waals surface area contributed by atoms with Gasteiger partial charge in [0.1, 0.15) is 0 Å². The Labute approximate surface area is 82.7 Å². The molecule has 0 aromatic carbocycles. The third-order valence-corrected chi connectivity index (χ3v) is 2.02. The molecule has 76 valence electrons. The molecule has 0 spiro atoms. The molecule has 0 unspecified atom stereocenters. The fourth-order valence-electron chi connectivity index (χ4n) is 1.16. The Morgan fingerprint density at radius 2 is 1.92 bits per heavy atom. The lowest BCUT2D eigenvalue weighted by Gasteiger charge is -2.07. The summed E-state index contributed by atoms with van der Waals surface area (Å²) in [5.41, 5.74) is 8.28. The van der Waals surface area contributed by atoms with E-state index in [0.29, 0.717) is 5.92 Å². The lowest BCUT2D eigenvalue weighted by atomic mass is 10.0. The number of allylic oxidation sites excluding steroid dienone is 4. The van der Waals surface area contributed by atoms with Crippen molar-refractivity contribution in [1.29, 1.82) is 0 Å². The third kappa shape index (κ3) is 5.51. The van der Waals surface area contributed by atoms with E-state index in [1.54, 1.807) is 0 Å². The van der Waals surface area contributed by atoms with Crippen molar-refractivity contribution >= 4 is 0 Å². The average molecular weight is 181 g/mol. The largest absolute Gasteiger partial charge is 0.402 e. The van der Waals surface area contributed by atoms with Crippen LogP contribution in [0.1, 0.15) is 47.0 Å². The minimum absolute atomic E-state index is 0.456. The highest BCUT2D eigenvalue weighted by Crippen LogP contribution is 2.12. The molecule has 0 aliphatic heterocycles. The molecule has 0 rings (SSSR count). The van der Waals surface area contributed by atoms with E-state index < -0.39 is 0 Å². The zero-order valence-electron chi connectivity index (χ0n) is 9.43. The number of hydrogen-bond donors (Lipinski definition) is 1. The summed E-state index contributed by atoms with van der Waals surface area (Å²) in [7, 11) is 0. The van der Waals surface area contributed by atoms with Crippen LogP contribution in [-0.4, -0.2) is 0 Å². The van der Waals surface area contributed by atoms with Crippen molar-refractivity contribution in [3.8, 4) is 0 Å². The van der Waals surface area contributed by atoms with Crippen LogP contribution in [0.3, 0.4) is 0 Å². The summed E-state index contributed by atoms with van der Waals surface area (Å²) in [6, 6.07) is 0. The van der Waals surface area contributed by atoms with Gasteiger partial charge < -0.3 is 5.73 Å². The standard InChI is InChI=1S/C12H23N/c1-5-7-11(8-6-2)9-12(13)10(3)4/h7,9-10H,5-6,8,13H2,1-4H3/b11-7+,12-9-. The Morgan fingerprint density at radius 1 is 1.31 bits per heavy atom. The molecular formula is C12H23N. The Morgan fingerprint density at radius 3 is 2.31 bits per heavy atom. The van der Waals surface area contributed by atoms with Crippen LogP contribution in [0.4, 0.5) is 0 Å². The SMILES string of the molecule is CC/C=C(/C=C(\N)C(C)C)CCC. The van der Waals surface area contributed by atoms with Crippen molar-refractivity contribution in [3.63, 3.8) is 0 Å². The van der Waals surface area contributed by atoms with E-state index >= 15 is 0 Å². The summed E-state index contributed by atoms with van der Waals surface area (Å²) in [4.78, 5) is 0. The van der Waals surface area contributed by atoms with Crippen molar-refractivity contribution in [2.45, 2.75) is 47.0 Å². The van der Waals surface area contributed by atoms with Crippen molar-refractivity contribution in [1.82, 2.24) is 0 Å². The van der Waals surface area contributed by atoms with Crippen molar-refractivity contribution < 1.29 is 0 Å². The summed E-state index contributed by atoms with van der Waals surface area (Å²) in [6.07, 6.45) is 7.82.